The molecule has 168 valence electrons. The fourth-order valence-corrected chi connectivity index (χ4v) is 4.50. The average molecular weight is 431 g/mol. The molecule has 3 fully saturated rings. The smallest absolute Gasteiger partial charge is 0.249 e. The van der Waals surface area contributed by atoms with Crippen LogP contribution in [0.15, 0.2) is 47.6 Å². The molecule has 4 aliphatic rings. The molecule has 0 saturated carbocycles. The van der Waals surface area contributed by atoms with Crippen LogP contribution in [0.3, 0.4) is 0 Å². The van der Waals surface area contributed by atoms with Gasteiger partial charge in [-0.15, -0.1) is 0 Å². The van der Waals surface area contributed by atoms with Gasteiger partial charge in [-0.1, -0.05) is 42.1 Å². The van der Waals surface area contributed by atoms with Gasteiger partial charge in [0.15, 0.2) is 11.6 Å². The maximum atomic E-state index is 6.40. The van der Waals surface area contributed by atoms with E-state index in [2.05, 4.69) is 11.7 Å². The summed E-state index contributed by atoms with van der Waals surface area (Å²) in [6.07, 6.45) is -1.61. The molecule has 0 aromatic heterocycles. The number of oxime groups is 1. The Balaban J connectivity index is 1.40. The van der Waals surface area contributed by atoms with E-state index >= 15 is 0 Å². The topological polar surface area (TPSA) is 77.0 Å². The Morgan fingerprint density at radius 2 is 1.81 bits per heavy atom. The van der Waals surface area contributed by atoms with Crippen molar-refractivity contribution in [3.8, 4) is 0 Å². The summed E-state index contributed by atoms with van der Waals surface area (Å²) in [5.74, 6) is -2.71. The molecular weight excluding hydrogens is 402 g/mol. The molecule has 5 atom stereocenters. The van der Waals surface area contributed by atoms with Gasteiger partial charge in [-0.05, 0) is 38.8 Å². The Morgan fingerprint density at radius 1 is 1.03 bits per heavy atom. The second kappa shape index (κ2) is 7.37. The molecule has 5 rings (SSSR count). The highest BCUT2D eigenvalue weighted by Crippen LogP contribution is 2.46. The van der Waals surface area contributed by atoms with Crippen molar-refractivity contribution < 1.29 is 33.3 Å². The van der Waals surface area contributed by atoms with Gasteiger partial charge in [0.05, 0.1) is 12.3 Å². The molecule has 31 heavy (non-hydrogen) atoms. The molecule has 1 aromatic rings. The van der Waals surface area contributed by atoms with E-state index in [1.165, 1.54) is 0 Å². The van der Waals surface area contributed by atoms with Crippen LogP contribution in [-0.4, -0.2) is 60.9 Å². The highest BCUT2D eigenvalue weighted by molar-refractivity contribution is 6.01. The third kappa shape index (κ3) is 3.92. The van der Waals surface area contributed by atoms with Crippen LogP contribution in [0.25, 0.3) is 0 Å². The molecule has 0 aliphatic carbocycles. The zero-order valence-corrected chi connectivity index (χ0v) is 18.3. The van der Waals surface area contributed by atoms with Crippen LogP contribution in [0.5, 0.6) is 0 Å². The third-order valence-corrected chi connectivity index (χ3v) is 5.85. The predicted octanol–water partition coefficient (Wildman–Crippen LogP) is 3.11. The Labute approximate surface area is 182 Å². The standard InChI is InChI=1S/C23H29NO7/c1-14-11-16(15-9-7-6-8-10-15)24-30-20(14)27-19-18-17(28-22(4,5)29-18)12-25-23(19)13-26-21(2,3)31-23/h6-10,17-20H,1,11-13H2,2-5H3/t17-,18-,19+,20+,23+/m1/s1. The van der Waals surface area contributed by atoms with Crippen molar-refractivity contribution >= 4 is 5.71 Å². The summed E-state index contributed by atoms with van der Waals surface area (Å²) in [4.78, 5) is 5.73. The Hall–Kier alpha value is -1.81. The van der Waals surface area contributed by atoms with Crippen molar-refractivity contribution in [3.63, 3.8) is 0 Å². The number of rotatable bonds is 3. The van der Waals surface area contributed by atoms with E-state index in [-0.39, 0.29) is 12.7 Å². The molecule has 8 nitrogen and oxygen atoms in total. The van der Waals surface area contributed by atoms with Gasteiger partial charge in [-0.3, -0.25) is 0 Å². The molecule has 1 spiro atoms. The molecule has 0 unspecified atom stereocenters. The predicted molar refractivity (Wildman–Crippen MR) is 110 cm³/mol. The Bertz CT molecular complexity index is 881. The van der Waals surface area contributed by atoms with Gasteiger partial charge in [-0.2, -0.15) is 0 Å². The van der Waals surface area contributed by atoms with Crippen molar-refractivity contribution in [2.24, 2.45) is 5.16 Å². The molecular formula is C23H29NO7. The van der Waals surface area contributed by atoms with Gasteiger partial charge in [0, 0.05) is 6.42 Å². The summed E-state index contributed by atoms with van der Waals surface area (Å²) in [5.41, 5.74) is 2.55. The number of hydrogen-bond acceptors (Lipinski definition) is 8. The zero-order chi connectivity index (χ0) is 21.9. The van der Waals surface area contributed by atoms with Crippen molar-refractivity contribution in [2.45, 2.75) is 76.1 Å². The number of hydrogen-bond donors (Lipinski definition) is 0. The summed E-state index contributed by atoms with van der Waals surface area (Å²) in [6, 6.07) is 9.87. The molecule has 3 saturated heterocycles. The number of nitrogens with zero attached hydrogens (tertiary/aromatic N) is 1. The summed E-state index contributed by atoms with van der Waals surface area (Å²) in [6.45, 7) is 12.1. The normalized spacial score (nSPS) is 38.6. The maximum Gasteiger partial charge on any atom is 0.249 e. The first-order valence-electron chi connectivity index (χ1n) is 10.6. The number of fused-ring (bicyclic) bond motifs is 1. The van der Waals surface area contributed by atoms with Gasteiger partial charge >= 0.3 is 0 Å². The lowest BCUT2D eigenvalue weighted by molar-refractivity contribution is -0.352. The first kappa shape index (κ1) is 21.1. The monoisotopic (exact) mass is 431 g/mol. The van der Waals surface area contributed by atoms with Crippen LogP contribution in [-0.2, 0) is 33.3 Å². The maximum absolute atomic E-state index is 6.40. The largest absolute Gasteiger partial charge is 0.359 e. The summed E-state index contributed by atoms with van der Waals surface area (Å²) >= 11 is 0. The third-order valence-electron chi connectivity index (χ3n) is 5.85. The Morgan fingerprint density at radius 3 is 2.48 bits per heavy atom. The van der Waals surface area contributed by atoms with E-state index in [0.29, 0.717) is 13.0 Å². The molecule has 0 bridgehead atoms. The van der Waals surface area contributed by atoms with Crippen LogP contribution >= 0.6 is 0 Å². The lowest BCUT2D eigenvalue weighted by Gasteiger charge is -2.44. The first-order valence-corrected chi connectivity index (χ1v) is 10.6. The Kier molecular flexibility index (Phi) is 5.00. The SMILES string of the molecule is C=C1CC(c2ccccc2)=NO[C@@H]1O[C@H]1[C@@H]2OC(C)(C)O[C@@H]2CO[C@]12COC(C)(C)O2. The van der Waals surface area contributed by atoms with Crippen molar-refractivity contribution in [1.82, 2.24) is 0 Å². The lowest BCUT2D eigenvalue weighted by atomic mass is 9.96. The molecule has 8 heteroatoms. The second-order valence-electron chi connectivity index (χ2n) is 9.29. The minimum Gasteiger partial charge on any atom is -0.359 e. The fourth-order valence-electron chi connectivity index (χ4n) is 4.50. The van der Waals surface area contributed by atoms with Crippen LogP contribution in [0, 0.1) is 0 Å². The van der Waals surface area contributed by atoms with E-state index in [0.717, 1.165) is 16.8 Å². The number of ether oxygens (including phenoxy) is 6. The zero-order valence-electron chi connectivity index (χ0n) is 18.3. The number of benzene rings is 1. The van der Waals surface area contributed by atoms with Gasteiger partial charge in [-0.25, -0.2) is 0 Å². The minimum absolute atomic E-state index is 0.204. The minimum atomic E-state index is -1.14. The molecule has 4 aliphatic heterocycles. The molecule has 0 N–H and O–H groups in total. The van der Waals surface area contributed by atoms with Crippen molar-refractivity contribution in [2.75, 3.05) is 13.2 Å². The average Bonchev–Trinajstić information content (AvgIpc) is 3.21. The van der Waals surface area contributed by atoms with Crippen molar-refractivity contribution in [1.29, 1.82) is 0 Å². The van der Waals surface area contributed by atoms with E-state index in [1.807, 2.05) is 58.0 Å². The molecule has 4 heterocycles. The lowest BCUT2D eigenvalue weighted by Crippen LogP contribution is -2.63. The van der Waals surface area contributed by atoms with Crippen LogP contribution in [0.4, 0.5) is 0 Å². The van der Waals surface area contributed by atoms with E-state index in [9.17, 15) is 0 Å². The second-order valence-corrected chi connectivity index (χ2v) is 9.29. The van der Waals surface area contributed by atoms with Crippen molar-refractivity contribution in [3.05, 3.63) is 48.0 Å². The quantitative estimate of drug-likeness (QED) is 0.681. The van der Waals surface area contributed by atoms with E-state index in [4.69, 9.17) is 33.3 Å². The summed E-state index contributed by atoms with van der Waals surface area (Å²) in [7, 11) is 0. The molecule has 1 aromatic carbocycles. The van der Waals surface area contributed by atoms with Crippen LogP contribution < -0.4 is 0 Å². The summed E-state index contributed by atoms with van der Waals surface area (Å²) < 4.78 is 36.8. The highest BCUT2D eigenvalue weighted by Gasteiger charge is 2.64. The van der Waals surface area contributed by atoms with Gasteiger partial charge in [0.2, 0.25) is 12.1 Å². The summed E-state index contributed by atoms with van der Waals surface area (Å²) in [5, 5.41) is 4.30. The van der Waals surface area contributed by atoms with Crippen LogP contribution in [0.1, 0.15) is 39.7 Å². The van der Waals surface area contributed by atoms with Gasteiger partial charge in [0.25, 0.3) is 0 Å². The van der Waals surface area contributed by atoms with Gasteiger partial charge in [0.1, 0.15) is 24.9 Å². The first-order chi connectivity index (χ1) is 14.7. The van der Waals surface area contributed by atoms with E-state index < -0.39 is 35.9 Å². The van der Waals surface area contributed by atoms with Gasteiger partial charge < -0.3 is 33.3 Å². The fraction of sp³-hybridized carbons (Fsp3) is 0.609. The van der Waals surface area contributed by atoms with Crippen LogP contribution in [0.2, 0.25) is 0 Å². The molecule has 0 radical (unpaired) electrons. The molecule has 0 amide bonds. The van der Waals surface area contributed by atoms with E-state index in [1.54, 1.807) is 0 Å². The highest BCUT2D eigenvalue weighted by atomic mass is 16.9.